The van der Waals surface area contributed by atoms with Crippen molar-refractivity contribution in [3.63, 3.8) is 0 Å². The molecule has 0 saturated carbocycles. The van der Waals surface area contributed by atoms with Gasteiger partial charge in [-0.1, -0.05) is 487 Å². The fourth-order valence-corrected chi connectivity index (χ4v) is 19.0. The minimum Gasteiger partial charge on any atom is -0.460 e. The summed E-state index contributed by atoms with van der Waals surface area (Å²) in [6.07, 6.45) is 5.68. The Kier molecular flexibility index (Phi) is 44.2. The van der Waals surface area contributed by atoms with Crippen LogP contribution in [0.15, 0.2) is 358 Å². The van der Waals surface area contributed by atoms with Crippen LogP contribution >= 0.6 is 0 Å². The quantitative estimate of drug-likeness (QED) is 0.0322. The Morgan fingerprint density at radius 2 is 0.309 bits per heavy atom. The van der Waals surface area contributed by atoms with E-state index >= 15 is 0 Å². The second-order valence-electron chi connectivity index (χ2n) is 44.9. The molecule has 0 spiro atoms. The van der Waals surface area contributed by atoms with Crippen LogP contribution in [0.1, 0.15) is 351 Å². The standard InChI is InChI=1S/C54H54.C33H36.C32H34.3C7H14O2.3CH4/c1-37-10-22-43(23-11-37)52(7,44-24-12-38(2)13-25-44)49-34-50(53(8,45-26-14-39(3)15-27-45)46-28-16-40(4)17-29-46)36-51(35-49)54(9,47-30-18-41(5)19-31-47)48-32-20-42(6)21-33-48;1-25-5-13-29(14-6-25)21-23-33(31-17-9-27(3)10-18-31,32-19-11-28(4)12-20-32)24-22-30-15-7-26(2)8-16-30;1-23-7-13-26(14-8-23)31(4,5)27-19-21-30(22-20-27)32(6,28-15-9-24(2)10-16-28)29-17-11-25(3)12-18-29;3*1-5-6(8)9-7(2,3)4;;;/h10-36H,1-9H3;5-20H,21-24H2,1-4H3;7-22H,1-6H3;3*5H2,1-4H3;3*1H4. The summed E-state index contributed by atoms with van der Waals surface area (Å²) >= 11 is 0. The van der Waals surface area contributed by atoms with Gasteiger partial charge >= 0.3 is 17.9 Å². The van der Waals surface area contributed by atoms with Gasteiger partial charge in [0.1, 0.15) is 16.8 Å². The molecule has 6 heteroatoms. The van der Waals surface area contributed by atoms with Gasteiger partial charge in [-0.15, -0.1) is 0 Å². The second-order valence-corrected chi connectivity index (χ2v) is 44.9. The molecule has 0 bridgehead atoms. The Labute approximate surface area is 901 Å². The summed E-state index contributed by atoms with van der Waals surface area (Å²) in [6.45, 7) is 64.5. The Hall–Kier alpha value is -13.3. The number of hydrogen-bond acceptors (Lipinski definition) is 6. The predicted molar refractivity (Wildman–Crippen MR) is 639 cm³/mol. The first-order chi connectivity index (χ1) is 68.8. The monoisotopic (exact) mass is 1990 g/mol. The minimum absolute atomic E-state index is 0. The first-order valence-corrected chi connectivity index (χ1v) is 52.7. The Balaban J connectivity index is 0.000000274. The molecule has 6 nitrogen and oxygen atoms in total. The summed E-state index contributed by atoms with van der Waals surface area (Å²) in [5.41, 5.74) is 37.9. The average molecular weight is 1990 g/mol. The summed E-state index contributed by atoms with van der Waals surface area (Å²) in [7, 11) is 0. The van der Waals surface area contributed by atoms with E-state index in [2.05, 4.69) is 489 Å². The molecule has 0 aliphatic rings. The van der Waals surface area contributed by atoms with Crippen molar-refractivity contribution in [1.82, 2.24) is 0 Å². The maximum Gasteiger partial charge on any atom is 0.306 e. The van der Waals surface area contributed by atoms with Gasteiger partial charge in [-0.25, -0.2) is 0 Å². The van der Waals surface area contributed by atoms with Gasteiger partial charge in [-0.3, -0.25) is 14.4 Å². The number of rotatable bonds is 25. The molecule has 0 aromatic heterocycles. The van der Waals surface area contributed by atoms with Crippen molar-refractivity contribution in [3.05, 3.63) is 530 Å². The van der Waals surface area contributed by atoms with Crippen LogP contribution in [0.2, 0.25) is 0 Å². The lowest BCUT2D eigenvalue weighted by atomic mass is 9.63. The largest absolute Gasteiger partial charge is 0.460 e. The van der Waals surface area contributed by atoms with Crippen molar-refractivity contribution < 1.29 is 28.6 Å². The van der Waals surface area contributed by atoms with Crippen molar-refractivity contribution in [3.8, 4) is 0 Å². The van der Waals surface area contributed by atoms with E-state index in [1.807, 2.05) is 62.3 Å². The van der Waals surface area contributed by atoms with E-state index in [-0.39, 0.29) is 73.2 Å². The van der Waals surface area contributed by atoms with E-state index in [9.17, 15) is 14.4 Å². The van der Waals surface area contributed by atoms with E-state index in [1.54, 1.807) is 20.8 Å². The average Bonchev–Trinajstić information content (AvgIpc) is 0.718. The van der Waals surface area contributed by atoms with Crippen LogP contribution < -0.4 is 0 Å². The molecule has 0 unspecified atom stereocenters. The van der Waals surface area contributed by atoms with E-state index in [0.29, 0.717) is 19.3 Å². The molecule has 0 radical (unpaired) electrons. The molecular weight excluding hydrogens is 1810 g/mol. The fourth-order valence-electron chi connectivity index (χ4n) is 19.0. The molecule has 0 N–H and O–H groups in total. The van der Waals surface area contributed by atoms with Gasteiger partial charge in [0.2, 0.25) is 0 Å². The summed E-state index contributed by atoms with van der Waals surface area (Å²) in [6, 6.07) is 136. The van der Waals surface area contributed by atoms with Crippen LogP contribution in [0.4, 0.5) is 0 Å². The molecule has 0 aliphatic heterocycles. The zero-order valence-corrected chi connectivity index (χ0v) is 94.0. The smallest absolute Gasteiger partial charge is 0.306 e. The summed E-state index contributed by atoms with van der Waals surface area (Å²) in [5, 5.41) is 0. The van der Waals surface area contributed by atoms with Crippen molar-refractivity contribution in [1.29, 1.82) is 0 Å². The van der Waals surface area contributed by atoms with Gasteiger partial charge < -0.3 is 14.2 Å². The highest BCUT2D eigenvalue weighted by Crippen LogP contribution is 2.51. The highest BCUT2D eigenvalue weighted by molar-refractivity contribution is 5.70. The summed E-state index contributed by atoms with van der Waals surface area (Å²) in [5.74, 6) is -0.410. The topological polar surface area (TPSA) is 78.9 Å². The molecule has 15 aromatic carbocycles. The van der Waals surface area contributed by atoms with Gasteiger partial charge in [0.25, 0.3) is 0 Å². The highest BCUT2D eigenvalue weighted by atomic mass is 16.6. The Morgan fingerprint density at radius 1 is 0.181 bits per heavy atom. The van der Waals surface area contributed by atoms with Crippen LogP contribution in [0, 0.1) is 90.0 Å². The SMILES string of the molecule is C.C.C.CCC(=O)OC(C)(C)C.CCC(=O)OC(C)(C)C.CCC(=O)OC(C)(C)C.Cc1ccc(C(C)(C)c2ccc(C(C)(c3ccc(C)cc3)c3ccc(C)cc3)cc2)cc1.Cc1ccc(C(C)(c2ccc(C)cc2)c2cc(C(C)(c3ccc(C)cc3)c3ccc(C)cc3)cc(C(C)(c3ccc(C)cc3)c3ccc(C)cc3)c2)cc1.Cc1ccc(CCC(CCc2ccc(C)cc2)(c2ccc(C)cc2)c2ccc(C)cc2)cc1. The van der Waals surface area contributed by atoms with Crippen LogP contribution in [-0.4, -0.2) is 34.7 Å². The van der Waals surface area contributed by atoms with E-state index in [1.165, 1.54) is 172 Å². The molecule has 0 saturated heterocycles. The van der Waals surface area contributed by atoms with Gasteiger partial charge in [0.05, 0.1) is 0 Å². The van der Waals surface area contributed by atoms with Crippen LogP contribution in [0.3, 0.4) is 0 Å². The Morgan fingerprint density at radius 3 is 0.456 bits per heavy atom. The third-order valence-corrected chi connectivity index (χ3v) is 28.9. The molecule has 0 amide bonds. The van der Waals surface area contributed by atoms with Crippen LogP contribution in [-0.2, 0) is 73.9 Å². The minimum atomic E-state index is -0.449. The summed E-state index contributed by atoms with van der Waals surface area (Å²) in [4.78, 5) is 31.8. The van der Waals surface area contributed by atoms with Crippen molar-refractivity contribution in [2.75, 3.05) is 0 Å². The predicted octanol–water partition coefficient (Wildman–Crippen LogP) is 37.5. The zero-order valence-electron chi connectivity index (χ0n) is 94.0. The van der Waals surface area contributed by atoms with E-state index in [0.717, 1.165) is 25.7 Å². The maximum atomic E-state index is 10.6. The highest BCUT2D eigenvalue weighted by Gasteiger charge is 2.42. The number of ether oxygens (including phenoxy) is 3. The lowest BCUT2D eigenvalue weighted by Gasteiger charge is -2.39. The fraction of sp³-hybridized carbons (Fsp3) is 0.350. The zero-order chi connectivity index (χ0) is 107. The molecule has 149 heavy (non-hydrogen) atoms. The maximum absolute atomic E-state index is 10.6. The van der Waals surface area contributed by atoms with E-state index in [4.69, 9.17) is 14.2 Å². The summed E-state index contributed by atoms with van der Waals surface area (Å²) < 4.78 is 14.8. The number of aryl methyl sites for hydroxylation is 15. The Bertz CT molecular complexity index is 6010. The molecule has 15 rings (SSSR count). The third-order valence-electron chi connectivity index (χ3n) is 28.9. The first kappa shape index (κ1) is 123. The molecule has 15 aromatic rings. The normalized spacial score (nSPS) is 11.6. The first-order valence-electron chi connectivity index (χ1n) is 52.7. The van der Waals surface area contributed by atoms with Crippen LogP contribution in [0.25, 0.3) is 0 Å². The molecule has 786 valence electrons. The molecule has 0 aliphatic carbocycles. The number of carbonyl (C=O) groups excluding carboxylic acids is 3. The number of esters is 3. The van der Waals surface area contributed by atoms with Crippen molar-refractivity contribution in [2.24, 2.45) is 0 Å². The van der Waals surface area contributed by atoms with Gasteiger partial charge in [-0.2, -0.15) is 0 Å². The lowest BCUT2D eigenvalue weighted by molar-refractivity contribution is -0.155. The second kappa shape index (κ2) is 53.7. The molecule has 0 fully saturated rings. The van der Waals surface area contributed by atoms with Gasteiger partial charge in [0.15, 0.2) is 0 Å². The number of carbonyl (C=O) groups is 3. The van der Waals surface area contributed by atoms with Crippen LogP contribution in [0.5, 0.6) is 0 Å². The van der Waals surface area contributed by atoms with Crippen molar-refractivity contribution in [2.45, 2.75) is 331 Å². The van der Waals surface area contributed by atoms with Gasteiger partial charge in [-0.05, 0) is 306 Å². The lowest BCUT2D eigenvalue weighted by Crippen LogP contribution is -2.32. The van der Waals surface area contributed by atoms with E-state index < -0.39 is 16.2 Å². The third kappa shape index (κ3) is 33.1. The number of hydrogen-bond donors (Lipinski definition) is 0. The molecule has 0 heterocycles. The van der Waals surface area contributed by atoms with Crippen molar-refractivity contribution >= 4 is 17.9 Å². The number of benzene rings is 15. The van der Waals surface area contributed by atoms with Gasteiger partial charge in [0, 0.05) is 51.8 Å². The molecular formula is C143H178O6. The molecule has 0 atom stereocenters.